The van der Waals surface area contributed by atoms with Gasteiger partial charge in [-0.3, -0.25) is 9.59 Å². The Morgan fingerprint density at radius 3 is 2.34 bits per heavy atom. The first-order valence-corrected chi connectivity index (χ1v) is 14.6. The first kappa shape index (κ1) is 25.6. The van der Waals surface area contributed by atoms with E-state index in [0.717, 1.165) is 31.4 Å². The molecule has 14 heteroatoms. The highest BCUT2D eigenvalue weighted by molar-refractivity contribution is 14.1. The predicted molar refractivity (Wildman–Crippen MR) is 139 cm³/mol. The molecule has 0 aromatic heterocycles. The minimum atomic E-state index is -4.66. The van der Waals surface area contributed by atoms with Crippen LogP contribution in [0, 0.1) is 22.5 Å². The van der Waals surface area contributed by atoms with E-state index in [1.807, 2.05) is 28.7 Å². The number of benzene rings is 2. The summed E-state index contributed by atoms with van der Waals surface area (Å²) in [6, 6.07) is 7.93. The molecule has 0 aliphatic carbocycles. The molecule has 0 N–H and O–H groups in total. The predicted octanol–water partition coefficient (Wildman–Crippen LogP) is 2.47. The van der Waals surface area contributed by atoms with E-state index in [4.69, 9.17) is 18.9 Å². The average molecular weight is 837 g/mol. The summed E-state index contributed by atoms with van der Waals surface area (Å²) in [7, 11) is -4.66. The van der Waals surface area contributed by atoms with E-state index in [0.29, 0.717) is 9.13 Å². The number of halogens is 3. The summed E-state index contributed by atoms with van der Waals surface area (Å²) in [6.07, 6.45) is -3.55. The first-order valence-electron chi connectivity index (χ1n) is 9.95. The summed E-state index contributed by atoms with van der Waals surface area (Å²) in [5.41, 5.74) is 0.345. The van der Waals surface area contributed by atoms with E-state index >= 15 is 0 Å². The van der Waals surface area contributed by atoms with Gasteiger partial charge in [0, 0.05) is 10.7 Å². The van der Waals surface area contributed by atoms with Crippen molar-refractivity contribution in [2.24, 2.45) is 11.8 Å². The second-order valence-corrected chi connectivity index (χ2v) is 12.9. The highest BCUT2D eigenvalue weighted by atomic mass is 127. The molecule has 10 nitrogen and oxygen atoms in total. The zero-order valence-electron chi connectivity index (χ0n) is 17.1. The van der Waals surface area contributed by atoms with E-state index in [1.165, 1.54) is 0 Å². The fraction of sp³-hybridized carbons (Fsp3) is 0.286. The van der Waals surface area contributed by atoms with Crippen molar-refractivity contribution >= 4 is 95.8 Å². The van der Waals surface area contributed by atoms with Gasteiger partial charge >= 0.3 is 17.9 Å². The Morgan fingerprint density at radius 1 is 1.00 bits per heavy atom. The summed E-state index contributed by atoms with van der Waals surface area (Å²) in [5.74, 6) is -4.13. The topological polar surface area (TPSA) is 145 Å². The van der Waals surface area contributed by atoms with Gasteiger partial charge in [0.15, 0.2) is 12.2 Å². The van der Waals surface area contributed by atoms with Crippen molar-refractivity contribution in [1.82, 2.24) is 0 Å². The SMILES string of the molecule is O=C(OC1C2OC(=O)C3C2OC1C3C(=O)Oc1ccc(S(=O)(=O)[O-])cc1)c1cc(I)cc(I)c1I. The van der Waals surface area contributed by atoms with Crippen LogP contribution in [0.1, 0.15) is 10.4 Å². The lowest BCUT2D eigenvalue weighted by molar-refractivity contribution is -0.149. The molecule has 0 spiro atoms. The molecule has 3 fully saturated rings. The van der Waals surface area contributed by atoms with Crippen molar-refractivity contribution in [2.45, 2.75) is 29.3 Å². The van der Waals surface area contributed by atoms with Gasteiger partial charge in [-0.2, -0.15) is 0 Å². The number of rotatable bonds is 5. The lowest BCUT2D eigenvalue weighted by atomic mass is 9.78. The van der Waals surface area contributed by atoms with E-state index in [2.05, 4.69) is 45.2 Å². The minimum absolute atomic E-state index is 0.0235. The fourth-order valence-corrected chi connectivity index (χ4v) is 7.34. The van der Waals surface area contributed by atoms with Crippen LogP contribution < -0.4 is 4.74 Å². The lowest BCUT2D eigenvalue weighted by Crippen LogP contribution is -2.48. The van der Waals surface area contributed by atoms with Crippen molar-refractivity contribution in [3.05, 3.63) is 52.7 Å². The largest absolute Gasteiger partial charge is 0.744 e. The van der Waals surface area contributed by atoms with Crippen LogP contribution in [-0.4, -0.2) is 55.3 Å². The van der Waals surface area contributed by atoms with Crippen molar-refractivity contribution in [1.29, 1.82) is 0 Å². The Morgan fingerprint density at radius 2 is 1.69 bits per heavy atom. The van der Waals surface area contributed by atoms with E-state index in [1.54, 1.807) is 6.07 Å². The van der Waals surface area contributed by atoms with Crippen molar-refractivity contribution in [3.8, 4) is 5.75 Å². The Labute approximate surface area is 239 Å². The maximum Gasteiger partial charge on any atom is 0.339 e. The molecular formula is C21H12I3O10S-. The van der Waals surface area contributed by atoms with Gasteiger partial charge in [-0.1, -0.05) is 0 Å². The molecule has 5 rings (SSSR count). The van der Waals surface area contributed by atoms with Crippen LogP contribution in [0.2, 0.25) is 0 Å². The van der Waals surface area contributed by atoms with Crippen molar-refractivity contribution < 1.29 is 46.3 Å². The number of carbonyl (C=O) groups is 3. The molecule has 0 amide bonds. The van der Waals surface area contributed by atoms with Gasteiger partial charge in [0.1, 0.15) is 39.9 Å². The van der Waals surface area contributed by atoms with Gasteiger partial charge in [0.25, 0.3) is 0 Å². The number of ether oxygens (including phenoxy) is 4. The molecule has 184 valence electrons. The quantitative estimate of drug-likeness (QED) is 0.145. The number of hydrogen-bond donors (Lipinski definition) is 0. The van der Waals surface area contributed by atoms with Gasteiger partial charge in [-0.15, -0.1) is 0 Å². The van der Waals surface area contributed by atoms with Gasteiger partial charge in [0.2, 0.25) is 0 Å². The molecular weight excluding hydrogens is 825 g/mol. The Balaban J connectivity index is 1.37. The smallest absolute Gasteiger partial charge is 0.339 e. The Bertz CT molecular complexity index is 1360. The maximum absolute atomic E-state index is 13.0. The lowest BCUT2D eigenvalue weighted by Gasteiger charge is -2.27. The Hall–Kier alpha value is -1.09. The highest BCUT2D eigenvalue weighted by Crippen LogP contribution is 2.51. The number of carbonyl (C=O) groups excluding carboxylic acids is 3. The second kappa shape index (κ2) is 9.34. The fourth-order valence-electron chi connectivity index (χ4n) is 4.49. The highest BCUT2D eigenvalue weighted by Gasteiger charge is 2.72. The maximum atomic E-state index is 13.0. The van der Waals surface area contributed by atoms with E-state index in [9.17, 15) is 27.4 Å². The normalized spacial score (nSPS) is 28.6. The first-order chi connectivity index (χ1) is 16.5. The zero-order valence-corrected chi connectivity index (χ0v) is 24.3. The van der Waals surface area contributed by atoms with Crippen LogP contribution >= 0.6 is 67.8 Å². The molecule has 35 heavy (non-hydrogen) atoms. The second-order valence-electron chi connectivity index (χ2n) is 7.98. The molecule has 3 aliphatic rings. The summed E-state index contributed by atoms with van der Waals surface area (Å²) >= 11 is 6.25. The zero-order chi connectivity index (χ0) is 25.2. The van der Waals surface area contributed by atoms with Crippen LogP contribution in [0.5, 0.6) is 5.75 Å². The van der Waals surface area contributed by atoms with E-state index < -0.39 is 69.2 Å². The minimum Gasteiger partial charge on any atom is -0.744 e. The molecule has 2 bridgehead atoms. The molecule has 2 aromatic carbocycles. The molecule has 6 unspecified atom stereocenters. The molecule has 0 radical (unpaired) electrons. The number of hydrogen-bond acceptors (Lipinski definition) is 10. The third kappa shape index (κ3) is 4.57. The standard InChI is InChI=1S/C21H13I3O10S/c22-7-5-10(14(24)11(23)6-7)19(25)33-17-15-12(13-16(32-15)18(17)34-21(13)27)20(26)31-8-1-3-9(4-2-8)35(28,29)30/h1-6,12-13,15-18H,(H,28,29,30)/p-1. The van der Waals surface area contributed by atoms with Crippen LogP contribution in [0.25, 0.3) is 0 Å². The summed E-state index contributed by atoms with van der Waals surface area (Å²) in [4.78, 5) is 38.1. The molecule has 3 aliphatic heterocycles. The van der Waals surface area contributed by atoms with Gasteiger partial charge < -0.3 is 23.5 Å². The summed E-state index contributed by atoms with van der Waals surface area (Å²) in [6.45, 7) is 0. The van der Waals surface area contributed by atoms with Crippen molar-refractivity contribution in [2.75, 3.05) is 0 Å². The summed E-state index contributed by atoms with van der Waals surface area (Å²) in [5, 5.41) is 0. The Kier molecular flexibility index (Phi) is 6.82. The number of fused-ring (bicyclic) bond motifs is 1. The monoisotopic (exact) mass is 837 g/mol. The molecule has 3 heterocycles. The van der Waals surface area contributed by atoms with Crippen LogP contribution in [0.3, 0.4) is 0 Å². The molecule has 3 saturated heterocycles. The third-order valence-electron chi connectivity index (χ3n) is 5.96. The third-order valence-corrected chi connectivity index (χ3v) is 10.5. The molecule has 6 atom stereocenters. The molecule has 2 aromatic rings. The van der Waals surface area contributed by atoms with Gasteiger partial charge in [-0.05, 0) is 104 Å². The van der Waals surface area contributed by atoms with Crippen molar-refractivity contribution in [3.63, 3.8) is 0 Å². The number of esters is 3. The van der Waals surface area contributed by atoms with E-state index in [-0.39, 0.29) is 5.75 Å². The van der Waals surface area contributed by atoms with Gasteiger partial charge in [-0.25, -0.2) is 13.2 Å². The molecule has 0 saturated carbocycles. The summed E-state index contributed by atoms with van der Waals surface area (Å²) < 4.78 is 58.0. The average Bonchev–Trinajstić information content (AvgIpc) is 3.39. The van der Waals surface area contributed by atoms with Gasteiger partial charge in [0.05, 0.1) is 10.5 Å². The van der Waals surface area contributed by atoms with Crippen LogP contribution in [0.4, 0.5) is 0 Å². The van der Waals surface area contributed by atoms with Crippen LogP contribution in [-0.2, 0) is 33.9 Å². The van der Waals surface area contributed by atoms with Crippen LogP contribution in [0.15, 0.2) is 41.3 Å².